The summed E-state index contributed by atoms with van der Waals surface area (Å²) < 4.78 is 47.7. The first-order valence-electron chi connectivity index (χ1n) is 18.2. The van der Waals surface area contributed by atoms with Crippen molar-refractivity contribution in [2.24, 2.45) is 5.92 Å². The molecule has 0 aromatic heterocycles. The number of benzene rings is 2. The number of carbonyl (C=O) groups is 1. The Labute approximate surface area is 298 Å². The van der Waals surface area contributed by atoms with Crippen molar-refractivity contribution < 1.29 is 42.7 Å². The molecule has 2 aromatic rings. The van der Waals surface area contributed by atoms with Gasteiger partial charge >= 0.3 is 6.09 Å². The number of amides is 1. The fraction of sp³-hybridized carbons (Fsp3) is 0.667. The summed E-state index contributed by atoms with van der Waals surface area (Å²) in [7, 11) is 3.40. The van der Waals surface area contributed by atoms with Crippen LogP contribution in [0.2, 0.25) is 0 Å². The van der Waals surface area contributed by atoms with E-state index in [1.54, 1.807) is 19.1 Å². The van der Waals surface area contributed by atoms with Gasteiger partial charge in [0.2, 0.25) is 0 Å². The van der Waals surface area contributed by atoms with Gasteiger partial charge in [-0.25, -0.2) is 4.79 Å². The van der Waals surface area contributed by atoms with E-state index in [1.165, 1.54) is 0 Å². The molecule has 278 valence electrons. The summed E-state index contributed by atoms with van der Waals surface area (Å²) in [5, 5.41) is 0. The molecule has 50 heavy (non-hydrogen) atoms. The molecular formula is C39H58N2O9. The maximum Gasteiger partial charge on any atom is 0.410 e. The number of likely N-dealkylation sites (tertiary alicyclic amines) is 1. The summed E-state index contributed by atoms with van der Waals surface area (Å²) in [6.07, 6.45) is 2.62. The van der Waals surface area contributed by atoms with Crippen LogP contribution in [0.3, 0.4) is 0 Å². The van der Waals surface area contributed by atoms with E-state index in [2.05, 4.69) is 41.3 Å². The lowest BCUT2D eigenvalue weighted by molar-refractivity contribution is -0.193. The third kappa shape index (κ3) is 10.6. The molecule has 3 heterocycles. The molecule has 11 heteroatoms. The molecule has 3 aliphatic heterocycles. The molecular weight excluding hydrogens is 640 g/mol. The number of carbonyl (C=O) groups excluding carboxylic acids is 1. The number of hydrogen-bond donors (Lipinski definition) is 0. The van der Waals surface area contributed by atoms with Crippen LogP contribution in [0.5, 0.6) is 5.75 Å². The Kier molecular flexibility index (Phi) is 14.2. The number of fused-ring (bicyclic) bond motifs is 1. The Morgan fingerprint density at radius 2 is 1.68 bits per heavy atom. The molecule has 2 fully saturated rings. The lowest BCUT2D eigenvalue weighted by Gasteiger charge is -2.48. The van der Waals surface area contributed by atoms with Crippen molar-refractivity contribution in [3.8, 4) is 5.75 Å². The number of nitrogens with zero attached hydrogens (tertiary/aromatic N) is 2. The van der Waals surface area contributed by atoms with E-state index in [0.29, 0.717) is 71.7 Å². The fourth-order valence-electron chi connectivity index (χ4n) is 6.79. The molecule has 0 saturated carbocycles. The quantitative estimate of drug-likeness (QED) is 0.196. The van der Waals surface area contributed by atoms with Gasteiger partial charge in [0.25, 0.3) is 0 Å². The van der Waals surface area contributed by atoms with Gasteiger partial charge in [0.05, 0.1) is 51.8 Å². The lowest BCUT2D eigenvalue weighted by Crippen LogP contribution is -2.58. The van der Waals surface area contributed by atoms with Gasteiger partial charge in [-0.3, -0.25) is 0 Å². The van der Waals surface area contributed by atoms with Crippen molar-refractivity contribution >= 4 is 11.8 Å². The second-order valence-electron chi connectivity index (χ2n) is 14.5. The highest BCUT2D eigenvalue weighted by Crippen LogP contribution is 2.41. The van der Waals surface area contributed by atoms with Crippen LogP contribution < -0.4 is 9.64 Å². The average molecular weight is 699 g/mol. The Morgan fingerprint density at radius 3 is 2.42 bits per heavy atom. The number of methoxy groups -OCH3 is 2. The van der Waals surface area contributed by atoms with Gasteiger partial charge < -0.3 is 47.7 Å². The second-order valence-corrected chi connectivity index (χ2v) is 14.5. The van der Waals surface area contributed by atoms with E-state index in [-0.39, 0.29) is 6.09 Å². The first kappa shape index (κ1) is 38.3. The average Bonchev–Trinajstić information content (AvgIpc) is 3.12. The van der Waals surface area contributed by atoms with Crippen molar-refractivity contribution in [1.29, 1.82) is 0 Å². The van der Waals surface area contributed by atoms with Crippen LogP contribution in [0.25, 0.3) is 0 Å². The molecule has 3 aliphatic rings. The lowest BCUT2D eigenvalue weighted by atomic mass is 9.81. The Bertz CT molecular complexity index is 1330. The van der Waals surface area contributed by atoms with Crippen molar-refractivity contribution in [3.05, 3.63) is 59.2 Å². The van der Waals surface area contributed by atoms with Crippen LogP contribution in [0.4, 0.5) is 10.5 Å². The second kappa shape index (κ2) is 18.5. The Balaban J connectivity index is 1.42. The molecule has 2 aromatic carbocycles. The molecule has 0 N–H and O–H groups in total. The highest BCUT2D eigenvalue weighted by molar-refractivity contribution is 5.68. The molecule has 2 saturated heterocycles. The monoisotopic (exact) mass is 698 g/mol. The normalized spacial score (nSPS) is 21.5. The SMILES string of the molecule is COCCCN1CCOc2ccc(CO[C@H]3CN(C(=O)OC(C)(C)C)CC[C@]3(OCC3CCOCC3)c3ccc(COCCOC)cc3)cc21. The minimum atomic E-state index is -0.782. The standard InChI is InChI=1S/C39H58N2O9/c1-38(2,3)50-37(42)41-17-15-39(49-29-31-13-20-45-21-14-31,33-10-7-30(8-11-33)27-46-24-23-44-5)36(26-41)48-28-32-9-12-35-34(25-32)40(18-22-47-35)16-6-19-43-4/h7-12,25,31,36H,6,13-24,26-29H2,1-5H3/t36-,39-/m0/s1. The largest absolute Gasteiger partial charge is 0.490 e. The van der Waals surface area contributed by atoms with Gasteiger partial charge in [0.1, 0.15) is 29.7 Å². The maximum atomic E-state index is 13.4. The third-order valence-electron chi connectivity index (χ3n) is 9.58. The third-order valence-corrected chi connectivity index (χ3v) is 9.58. The van der Waals surface area contributed by atoms with Gasteiger partial charge in [-0.2, -0.15) is 0 Å². The Morgan fingerprint density at radius 1 is 0.920 bits per heavy atom. The van der Waals surface area contributed by atoms with E-state index < -0.39 is 17.3 Å². The van der Waals surface area contributed by atoms with E-state index in [1.807, 2.05) is 26.8 Å². The fourth-order valence-corrected chi connectivity index (χ4v) is 6.79. The molecule has 0 unspecified atom stereocenters. The minimum absolute atomic E-state index is 0.335. The molecule has 5 rings (SSSR count). The zero-order valence-electron chi connectivity index (χ0n) is 30.8. The van der Waals surface area contributed by atoms with Gasteiger partial charge in [-0.05, 0) is 74.8 Å². The molecule has 2 atom stereocenters. The number of ether oxygens (including phenoxy) is 8. The van der Waals surface area contributed by atoms with Crippen LogP contribution in [0.1, 0.15) is 63.1 Å². The molecule has 11 nitrogen and oxygen atoms in total. The highest BCUT2D eigenvalue weighted by atomic mass is 16.6. The number of piperidine rings is 1. The summed E-state index contributed by atoms with van der Waals surface area (Å²) in [5.74, 6) is 1.27. The van der Waals surface area contributed by atoms with E-state index in [9.17, 15) is 4.79 Å². The van der Waals surface area contributed by atoms with Gasteiger partial charge in [0.15, 0.2) is 0 Å². The van der Waals surface area contributed by atoms with Crippen molar-refractivity contribution in [2.75, 3.05) is 91.5 Å². The van der Waals surface area contributed by atoms with Gasteiger partial charge in [0, 0.05) is 53.6 Å². The van der Waals surface area contributed by atoms with Crippen LogP contribution in [0.15, 0.2) is 42.5 Å². The maximum absolute atomic E-state index is 13.4. The summed E-state index contributed by atoms with van der Waals surface area (Å²) in [6, 6.07) is 14.7. The van der Waals surface area contributed by atoms with Crippen LogP contribution in [-0.2, 0) is 52.0 Å². The first-order chi connectivity index (χ1) is 24.2. The highest BCUT2D eigenvalue weighted by Gasteiger charge is 2.48. The number of rotatable bonds is 16. The van der Waals surface area contributed by atoms with Crippen LogP contribution in [-0.4, -0.2) is 109 Å². The van der Waals surface area contributed by atoms with Crippen LogP contribution in [0, 0.1) is 5.92 Å². The summed E-state index contributed by atoms with van der Waals surface area (Å²) in [5.41, 5.74) is 2.81. The zero-order valence-corrected chi connectivity index (χ0v) is 30.8. The summed E-state index contributed by atoms with van der Waals surface area (Å²) in [4.78, 5) is 17.5. The van der Waals surface area contributed by atoms with Gasteiger partial charge in [-0.15, -0.1) is 0 Å². The van der Waals surface area contributed by atoms with E-state index in [4.69, 9.17) is 37.9 Å². The number of anilines is 1. The molecule has 0 aliphatic carbocycles. The van der Waals surface area contributed by atoms with Crippen LogP contribution >= 0.6 is 0 Å². The molecule has 1 amide bonds. The first-order valence-corrected chi connectivity index (χ1v) is 18.2. The zero-order chi connectivity index (χ0) is 35.4. The number of hydrogen-bond acceptors (Lipinski definition) is 10. The predicted octanol–water partition coefficient (Wildman–Crippen LogP) is 5.95. The topological polar surface area (TPSA) is 97.4 Å². The molecule has 0 spiro atoms. The van der Waals surface area contributed by atoms with Crippen molar-refractivity contribution in [2.45, 2.75) is 77.0 Å². The van der Waals surface area contributed by atoms with Crippen molar-refractivity contribution in [3.63, 3.8) is 0 Å². The Hall–Kier alpha value is -2.93. The van der Waals surface area contributed by atoms with Gasteiger partial charge in [-0.1, -0.05) is 30.3 Å². The van der Waals surface area contributed by atoms with Crippen molar-refractivity contribution in [1.82, 2.24) is 4.90 Å². The summed E-state index contributed by atoms with van der Waals surface area (Å²) >= 11 is 0. The predicted molar refractivity (Wildman–Crippen MR) is 191 cm³/mol. The molecule has 0 radical (unpaired) electrons. The van der Waals surface area contributed by atoms with E-state index in [0.717, 1.165) is 73.7 Å². The van der Waals surface area contributed by atoms with E-state index >= 15 is 0 Å². The summed E-state index contributed by atoms with van der Waals surface area (Å²) in [6.45, 7) is 13.6. The minimum Gasteiger partial charge on any atom is -0.490 e. The molecule has 0 bridgehead atoms. The smallest absolute Gasteiger partial charge is 0.410 e.